The van der Waals surface area contributed by atoms with Crippen molar-refractivity contribution in [1.82, 2.24) is 15.6 Å². The Balaban J connectivity index is 1.87. The van der Waals surface area contributed by atoms with Crippen molar-refractivity contribution in [1.29, 1.82) is 0 Å². The average Bonchev–Trinajstić information content (AvgIpc) is 2.96. The lowest BCUT2D eigenvalue weighted by atomic mass is 10.1. The number of fused-ring (bicyclic) bond motifs is 2. The van der Waals surface area contributed by atoms with E-state index in [4.69, 9.17) is 0 Å². The molecule has 200 valence electrons. The monoisotopic (exact) mass is 537 g/mol. The van der Waals surface area contributed by atoms with Crippen molar-refractivity contribution in [3.8, 4) is 0 Å². The van der Waals surface area contributed by atoms with Crippen LogP contribution in [0.4, 0.5) is 11.4 Å². The van der Waals surface area contributed by atoms with E-state index in [1.54, 1.807) is 51.4 Å². The summed E-state index contributed by atoms with van der Waals surface area (Å²) in [6.07, 6.45) is 2.66. The molecule has 2 aromatic carbocycles. The number of carbonyl (C=O) groups is 3. The summed E-state index contributed by atoms with van der Waals surface area (Å²) in [5.41, 5.74) is 2.42. The molecule has 0 aliphatic carbocycles. The number of benzene rings is 2. The third-order valence-electron chi connectivity index (χ3n) is 6.70. The van der Waals surface area contributed by atoms with E-state index in [1.807, 2.05) is 30.3 Å². The van der Waals surface area contributed by atoms with Crippen molar-refractivity contribution in [2.75, 3.05) is 28.9 Å². The normalized spacial score (nSPS) is 18.6. The molecule has 11 heteroatoms. The summed E-state index contributed by atoms with van der Waals surface area (Å²) in [5, 5.41) is 6.51. The number of hydrogen-bond donors (Lipinski definition) is 2. The number of hydrogen-bond acceptors (Lipinski definition) is 7. The van der Waals surface area contributed by atoms with Gasteiger partial charge in [0.25, 0.3) is 5.91 Å². The van der Waals surface area contributed by atoms with Crippen molar-refractivity contribution >= 4 is 49.8 Å². The zero-order valence-corrected chi connectivity index (χ0v) is 22.5. The number of nitrogens with zero attached hydrogens (tertiary/aromatic N) is 3. The van der Waals surface area contributed by atoms with Crippen LogP contribution < -0.4 is 20.4 Å². The van der Waals surface area contributed by atoms with Gasteiger partial charge in [-0.2, -0.15) is 0 Å². The SMILES string of the molecule is CNC(C)C(=O)NC1C(=O)N(Cc2ccnc3ccccc23)c2ccccc2N(C(=O)CS(C)(=O)=O)C1C. The zero-order chi connectivity index (χ0) is 27.6. The van der Waals surface area contributed by atoms with Crippen LogP contribution in [-0.4, -0.2) is 68.3 Å². The molecule has 1 aliphatic heterocycles. The highest BCUT2D eigenvalue weighted by atomic mass is 32.2. The molecular weight excluding hydrogens is 506 g/mol. The second-order valence-corrected chi connectivity index (χ2v) is 11.6. The summed E-state index contributed by atoms with van der Waals surface area (Å²) in [6.45, 7) is 3.44. The number of aromatic nitrogens is 1. The van der Waals surface area contributed by atoms with Gasteiger partial charge in [-0.05, 0) is 50.7 Å². The van der Waals surface area contributed by atoms with Gasteiger partial charge in [-0.25, -0.2) is 8.42 Å². The quantitative estimate of drug-likeness (QED) is 0.469. The van der Waals surface area contributed by atoms with Gasteiger partial charge in [0.1, 0.15) is 11.8 Å². The molecular formula is C27H31N5O5S. The van der Waals surface area contributed by atoms with Crippen LogP contribution in [0.1, 0.15) is 19.4 Å². The lowest BCUT2D eigenvalue weighted by Crippen LogP contribution is -2.60. The Labute approximate surface area is 221 Å². The van der Waals surface area contributed by atoms with Gasteiger partial charge < -0.3 is 20.4 Å². The van der Waals surface area contributed by atoms with Gasteiger partial charge in [-0.1, -0.05) is 30.3 Å². The summed E-state index contributed by atoms with van der Waals surface area (Å²) in [7, 11) is -2.04. The van der Waals surface area contributed by atoms with Crippen molar-refractivity contribution < 1.29 is 22.8 Å². The van der Waals surface area contributed by atoms with E-state index in [2.05, 4.69) is 15.6 Å². The minimum Gasteiger partial charge on any atom is -0.341 e. The predicted molar refractivity (Wildman–Crippen MR) is 146 cm³/mol. The third-order valence-corrected chi connectivity index (χ3v) is 7.47. The lowest BCUT2D eigenvalue weighted by molar-refractivity contribution is -0.129. The Bertz CT molecular complexity index is 1490. The van der Waals surface area contributed by atoms with Crippen LogP contribution in [-0.2, 0) is 30.8 Å². The van der Waals surface area contributed by atoms with E-state index >= 15 is 0 Å². The summed E-state index contributed by atoms with van der Waals surface area (Å²) >= 11 is 0. The van der Waals surface area contributed by atoms with Crippen molar-refractivity contribution in [2.45, 2.75) is 38.5 Å². The second-order valence-electron chi connectivity index (χ2n) is 9.47. The zero-order valence-electron chi connectivity index (χ0n) is 21.7. The number of rotatable bonds is 7. The molecule has 2 N–H and O–H groups in total. The molecule has 3 aromatic rings. The van der Waals surface area contributed by atoms with Crippen molar-refractivity contribution in [3.05, 3.63) is 66.4 Å². The molecule has 3 atom stereocenters. The number of nitrogens with one attached hydrogen (secondary N) is 2. The molecule has 1 aliphatic rings. The fourth-order valence-corrected chi connectivity index (χ4v) is 5.22. The Morgan fingerprint density at radius 2 is 1.71 bits per heavy atom. The molecule has 0 spiro atoms. The number of amides is 3. The number of pyridine rings is 1. The van der Waals surface area contributed by atoms with Crippen LogP contribution >= 0.6 is 0 Å². The first-order chi connectivity index (χ1) is 18.0. The maximum absolute atomic E-state index is 14.2. The Morgan fingerprint density at radius 1 is 1.05 bits per heavy atom. The first kappa shape index (κ1) is 27.2. The molecule has 3 amide bonds. The summed E-state index contributed by atoms with van der Waals surface area (Å²) in [6, 6.07) is 13.7. The van der Waals surface area contributed by atoms with Crippen LogP contribution in [0, 0.1) is 0 Å². The molecule has 2 heterocycles. The van der Waals surface area contributed by atoms with Gasteiger partial charge in [0.15, 0.2) is 9.84 Å². The highest BCUT2D eigenvalue weighted by Gasteiger charge is 2.42. The third kappa shape index (κ3) is 5.53. The Hall–Kier alpha value is -3.83. The number of anilines is 2. The maximum Gasteiger partial charge on any atom is 0.252 e. The second kappa shape index (κ2) is 10.9. The Kier molecular flexibility index (Phi) is 7.79. The molecule has 0 bridgehead atoms. The molecule has 4 rings (SSSR count). The van der Waals surface area contributed by atoms with Gasteiger partial charge in [0, 0.05) is 17.8 Å². The molecule has 0 saturated carbocycles. The van der Waals surface area contributed by atoms with Crippen LogP contribution in [0.3, 0.4) is 0 Å². The first-order valence-corrected chi connectivity index (χ1v) is 14.3. The Morgan fingerprint density at radius 3 is 2.39 bits per heavy atom. The summed E-state index contributed by atoms with van der Waals surface area (Å²) < 4.78 is 24.1. The molecule has 38 heavy (non-hydrogen) atoms. The number of sulfone groups is 1. The van der Waals surface area contributed by atoms with Crippen LogP contribution in [0.15, 0.2) is 60.8 Å². The summed E-state index contributed by atoms with van der Waals surface area (Å²) in [5.74, 6) is -2.26. The molecule has 0 fully saturated rings. The molecule has 0 radical (unpaired) electrons. The van der Waals surface area contributed by atoms with E-state index in [9.17, 15) is 22.8 Å². The van der Waals surface area contributed by atoms with E-state index < -0.39 is 51.4 Å². The predicted octanol–water partition coefficient (Wildman–Crippen LogP) is 1.64. The minimum atomic E-state index is -3.66. The van der Waals surface area contributed by atoms with E-state index in [0.29, 0.717) is 11.4 Å². The first-order valence-electron chi connectivity index (χ1n) is 12.2. The summed E-state index contributed by atoms with van der Waals surface area (Å²) in [4.78, 5) is 47.7. The van der Waals surface area contributed by atoms with Gasteiger partial charge in [0.2, 0.25) is 11.8 Å². The molecule has 3 unspecified atom stereocenters. The highest BCUT2D eigenvalue weighted by molar-refractivity contribution is 7.91. The van der Waals surface area contributed by atoms with Crippen molar-refractivity contribution in [3.63, 3.8) is 0 Å². The van der Waals surface area contributed by atoms with Gasteiger partial charge in [-0.15, -0.1) is 0 Å². The number of carbonyl (C=O) groups excluding carboxylic acids is 3. The molecule has 1 aromatic heterocycles. The fourth-order valence-electron chi connectivity index (χ4n) is 4.63. The average molecular weight is 538 g/mol. The standard InChI is InChI=1S/C27H31N5O5S/c1-17(28-3)26(34)30-25-18(2)32(24(33)16-38(4,36)37)23-12-8-7-11-22(23)31(27(25)35)15-19-13-14-29-21-10-6-5-9-20(19)21/h5-14,17-18,25,28H,15-16H2,1-4H3,(H,30,34). The van der Waals surface area contributed by atoms with E-state index in [0.717, 1.165) is 22.7 Å². The maximum atomic E-state index is 14.2. The number of likely N-dealkylation sites (N-methyl/N-ethyl adjacent to an activating group) is 1. The highest BCUT2D eigenvalue weighted by Crippen LogP contribution is 2.37. The van der Waals surface area contributed by atoms with Gasteiger partial charge in [-0.3, -0.25) is 19.4 Å². The smallest absolute Gasteiger partial charge is 0.252 e. The number of para-hydroxylation sites is 3. The van der Waals surface area contributed by atoms with Crippen LogP contribution in [0.2, 0.25) is 0 Å². The van der Waals surface area contributed by atoms with Crippen LogP contribution in [0.5, 0.6) is 0 Å². The largest absolute Gasteiger partial charge is 0.341 e. The van der Waals surface area contributed by atoms with Crippen LogP contribution in [0.25, 0.3) is 10.9 Å². The van der Waals surface area contributed by atoms with E-state index in [1.165, 1.54) is 9.80 Å². The van der Waals surface area contributed by atoms with Gasteiger partial charge >= 0.3 is 0 Å². The van der Waals surface area contributed by atoms with Gasteiger partial charge in [0.05, 0.1) is 35.5 Å². The fraction of sp³-hybridized carbons (Fsp3) is 0.333. The minimum absolute atomic E-state index is 0.146. The van der Waals surface area contributed by atoms with E-state index in [-0.39, 0.29) is 6.54 Å². The lowest BCUT2D eigenvalue weighted by Gasteiger charge is -2.32. The van der Waals surface area contributed by atoms with Crippen molar-refractivity contribution in [2.24, 2.45) is 0 Å². The molecule has 0 saturated heterocycles. The topological polar surface area (TPSA) is 129 Å². The molecule has 10 nitrogen and oxygen atoms in total.